The standard InChI is InChI=1S/C26H35N5O5/c1-35-21-9-7-20(8-10-21)29-14-16-30(17-15-29)22(23-5-3-18-36-23)19-28-26(34)25(33)27-11-4-13-31-12-2-6-24(31)32/h3,5,7-10,18,22H,2,4,6,11-17,19H2,1H3,(H,27,33)(H,28,34). The van der Waals surface area contributed by atoms with Gasteiger partial charge in [0.2, 0.25) is 5.91 Å². The highest BCUT2D eigenvalue weighted by Crippen LogP contribution is 2.25. The molecule has 0 spiro atoms. The summed E-state index contributed by atoms with van der Waals surface area (Å²) >= 11 is 0. The van der Waals surface area contributed by atoms with Crippen molar-refractivity contribution in [2.75, 3.05) is 64.4 Å². The van der Waals surface area contributed by atoms with Gasteiger partial charge in [-0.2, -0.15) is 0 Å². The molecule has 2 aliphatic heterocycles. The number of hydrogen-bond acceptors (Lipinski definition) is 7. The van der Waals surface area contributed by atoms with Crippen molar-refractivity contribution in [3.63, 3.8) is 0 Å². The third-order valence-corrected chi connectivity index (χ3v) is 6.79. The van der Waals surface area contributed by atoms with Crippen molar-refractivity contribution in [3.8, 4) is 5.75 Å². The van der Waals surface area contributed by atoms with Gasteiger partial charge in [0.25, 0.3) is 0 Å². The Morgan fingerprint density at radius 2 is 1.78 bits per heavy atom. The van der Waals surface area contributed by atoms with Crippen molar-refractivity contribution in [2.45, 2.75) is 25.3 Å². The number of rotatable bonds is 10. The number of carbonyl (C=O) groups excluding carboxylic acids is 3. The molecular weight excluding hydrogens is 462 g/mol. The Morgan fingerprint density at radius 3 is 2.42 bits per heavy atom. The quantitative estimate of drug-likeness (QED) is 0.377. The van der Waals surface area contributed by atoms with Gasteiger partial charge in [-0.25, -0.2) is 0 Å². The first kappa shape index (κ1) is 25.6. The Bertz CT molecular complexity index is 1000. The summed E-state index contributed by atoms with van der Waals surface area (Å²) in [6.45, 7) is 5.23. The number of piperazine rings is 1. The average molecular weight is 498 g/mol. The fourth-order valence-corrected chi connectivity index (χ4v) is 4.74. The molecule has 0 aliphatic carbocycles. The van der Waals surface area contributed by atoms with E-state index in [1.165, 1.54) is 0 Å². The summed E-state index contributed by atoms with van der Waals surface area (Å²) in [6, 6.07) is 11.6. The Kier molecular flexibility index (Phi) is 8.83. The van der Waals surface area contributed by atoms with Gasteiger partial charge in [-0.05, 0) is 49.2 Å². The molecule has 1 aromatic heterocycles. The van der Waals surface area contributed by atoms with Gasteiger partial charge in [0.1, 0.15) is 11.5 Å². The zero-order chi connectivity index (χ0) is 25.3. The molecule has 0 radical (unpaired) electrons. The van der Waals surface area contributed by atoms with Gasteiger partial charge in [-0.15, -0.1) is 0 Å². The minimum atomic E-state index is -0.666. The van der Waals surface area contributed by atoms with Gasteiger partial charge in [-0.1, -0.05) is 0 Å². The molecule has 0 bridgehead atoms. The largest absolute Gasteiger partial charge is 0.497 e. The predicted octanol–water partition coefficient (Wildman–Crippen LogP) is 1.40. The minimum Gasteiger partial charge on any atom is -0.497 e. The molecule has 1 atom stereocenters. The average Bonchev–Trinajstić information content (AvgIpc) is 3.59. The summed E-state index contributed by atoms with van der Waals surface area (Å²) in [4.78, 5) is 42.7. The lowest BCUT2D eigenvalue weighted by Crippen LogP contribution is -2.50. The number of amides is 3. The number of nitrogens with one attached hydrogen (secondary N) is 2. The molecule has 36 heavy (non-hydrogen) atoms. The van der Waals surface area contributed by atoms with Crippen LogP contribution in [0.2, 0.25) is 0 Å². The number of nitrogens with zero attached hydrogens (tertiary/aromatic N) is 3. The van der Waals surface area contributed by atoms with Gasteiger partial charge in [0.05, 0.1) is 19.4 Å². The van der Waals surface area contributed by atoms with Gasteiger partial charge in [0.15, 0.2) is 0 Å². The molecule has 3 amide bonds. The van der Waals surface area contributed by atoms with E-state index in [4.69, 9.17) is 9.15 Å². The maximum absolute atomic E-state index is 12.4. The highest BCUT2D eigenvalue weighted by molar-refractivity contribution is 6.35. The number of ether oxygens (including phenoxy) is 1. The second-order valence-electron chi connectivity index (χ2n) is 9.06. The van der Waals surface area contributed by atoms with Gasteiger partial charge < -0.3 is 29.6 Å². The van der Waals surface area contributed by atoms with E-state index in [0.717, 1.165) is 56.3 Å². The van der Waals surface area contributed by atoms with E-state index in [0.29, 0.717) is 25.9 Å². The van der Waals surface area contributed by atoms with E-state index in [2.05, 4.69) is 32.6 Å². The topological polar surface area (TPSA) is 107 Å². The van der Waals surface area contributed by atoms with E-state index < -0.39 is 11.8 Å². The van der Waals surface area contributed by atoms with E-state index in [-0.39, 0.29) is 18.5 Å². The number of furan rings is 1. The smallest absolute Gasteiger partial charge is 0.309 e. The summed E-state index contributed by atoms with van der Waals surface area (Å²) in [6.07, 6.45) is 3.73. The van der Waals surface area contributed by atoms with Crippen LogP contribution in [0.15, 0.2) is 47.1 Å². The Labute approximate surface area is 211 Å². The number of carbonyl (C=O) groups is 3. The second-order valence-corrected chi connectivity index (χ2v) is 9.06. The van der Waals surface area contributed by atoms with Crippen LogP contribution in [0, 0.1) is 0 Å². The monoisotopic (exact) mass is 497 g/mol. The molecule has 3 heterocycles. The van der Waals surface area contributed by atoms with Crippen LogP contribution in [0.1, 0.15) is 31.1 Å². The van der Waals surface area contributed by atoms with Crippen molar-refractivity contribution in [1.82, 2.24) is 20.4 Å². The van der Waals surface area contributed by atoms with Crippen molar-refractivity contribution >= 4 is 23.4 Å². The predicted molar refractivity (Wildman–Crippen MR) is 135 cm³/mol. The fourth-order valence-electron chi connectivity index (χ4n) is 4.74. The molecule has 10 nitrogen and oxygen atoms in total. The number of likely N-dealkylation sites (tertiary alicyclic amines) is 1. The fraction of sp³-hybridized carbons (Fsp3) is 0.500. The molecule has 1 unspecified atom stereocenters. The second kappa shape index (κ2) is 12.4. The maximum atomic E-state index is 12.4. The highest BCUT2D eigenvalue weighted by atomic mass is 16.5. The lowest BCUT2D eigenvalue weighted by Gasteiger charge is -2.39. The summed E-state index contributed by atoms with van der Waals surface area (Å²) in [5, 5.41) is 5.42. The maximum Gasteiger partial charge on any atom is 0.309 e. The SMILES string of the molecule is COc1ccc(N2CCN(C(CNC(=O)C(=O)NCCCN3CCCC3=O)c3ccco3)CC2)cc1. The van der Waals surface area contributed by atoms with Crippen LogP contribution in [0.5, 0.6) is 5.75 Å². The lowest BCUT2D eigenvalue weighted by molar-refractivity contribution is -0.139. The summed E-state index contributed by atoms with van der Waals surface area (Å²) in [7, 11) is 1.66. The van der Waals surface area contributed by atoms with Crippen molar-refractivity contribution < 1.29 is 23.5 Å². The van der Waals surface area contributed by atoms with Crippen LogP contribution in [0.3, 0.4) is 0 Å². The third kappa shape index (κ3) is 6.57. The normalized spacial score (nSPS) is 17.2. The summed E-state index contributed by atoms with van der Waals surface area (Å²) < 4.78 is 10.9. The Morgan fingerprint density at radius 1 is 1.03 bits per heavy atom. The van der Waals surface area contributed by atoms with Crippen LogP contribution in [-0.4, -0.2) is 87.0 Å². The van der Waals surface area contributed by atoms with Crippen LogP contribution in [0.4, 0.5) is 5.69 Å². The van der Waals surface area contributed by atoms with Crippen LogP contribution in [-0.2, 0) is 14.4 Å². The number of benzene rings is 1. The zero-order valence-electron chi connectivity index (χ0n) is 20.8. The molecular formula is C26H35N5O5. The first-order valence-corrected chi connectivity index (χ1v) is 12.6. The molecule has 2 saturated heterocycles. The van der Waals surface area contributed by atoms with Crippen LogP contribution >= 0.6 is 0 Å². The van der Waals surface area contributed by atoms with Gasteiger partial charge >= 0.3 is 11.8 Å². The molecule has 2 aromatic rings. The number of methoxy groups -OCH3 is 1. The molecule has 0 saturated carbocycles. The van der Waals surface area contributed by atoms with Crippen molar-refractivity contribution in [2.24, 2.45) is 0 Å². The van der Waals surface area contributed by atoms with E-state index in [1.54, 1.807) is 18.3 Å². The van der Waals surface area contributed by atoms with Crippen molar-refractivity contribution in [1.29, 1.82) is 0 Å². The van der Waals surface area contributed by atoms with Gasteiger partial charge in [-0.3, -0.25) is 19.3 Å². The first-order valence-electron chi connectivity index (χ1n) is 12.6. The summed E-state index contributed by atoms with van der Waals surface area (Å²) in [5.41, 5.74) is 1.14. The van der Waals surface area contributed by atoms with E-state index in [9.17, 15) is 14.4 Å². The Balaban J connectivity index is 1.24. The van der Waals surface area contributed by atoms with E-state index >= 15 is 0 Å². The summed E-state index contributed by atoms with van der Waals surface area (Å²) in [5.74, 6) is 0.416. The first-order chi connectivity index (χ1) is 17.5. The van der Waals surface area contributed by atoms with Crippen LogP contribution < -0.4 is 20.3 Å². The molecule has 194 valence electrons. The van der Waals surface area contributed by atoms with Crippen molar-refractivity contribution in [3.05, 3.63) is 48.4 Å². The molecule has 4 rings (SSSR count). The molecule has 2 fully saturated rings. The molecule has 1 aromatic carbocycles. The number of anilines is 1. The number of hydrogen-bond donors (Lipinski definition) is 2. The lowest BCUT2D eigenvalue weighted by atomic mass is 10.1. The van der Waals surface area contributed by atoms with E-state index in [1.807, 2.05) is 24.3 Å². The minimum absolute atomic E-state index is 0.160. The molecule has 2 N–H and O–H groups in total. The molecule has 10 heteroatoms. The molecule has 2 aliphatic rings. The van der Waals surface area contributed by atoms with Gasteiger partial charge in [0, 0.05) is 64.5 Å². The van der Waals surface area contributed by atoms with Crippen LogP contribution in [0.25, 0.3) is 0 Å². The zero-order valence-corrected chi connectivity index (χ0v) is 20.8. The highest BCUT2D eigenvalue weighted by Gasteiger charge is 2.28. The third-order valence-electron chi connectivity index (χ3n) is 6.79. The Hall–Kier alpha value is -3.53.